The van der Waals surface area contributed by atoms with Gasteiger partial charge in [-0.25, -0.2) is 9.97 Å². The molecular weight excluding hydrogens is 259 g/mol. The van der Waals surface area contributed by atoms with Gasteiger partial charge in [-0.1, -0.05) is 17.3 Å². The Morgan fingerprint density at radius 2 is 1.79 bits per heavy atom. The number of benzene rings is 1. The minimum absolute atomic E-state index is 0.0216. The van der Waals surface area contributed by atoms with Crippen LogP contribution in [0.4, 0.5) is 13.2 Å². The highest BCUT2D eigenvalue weighted by Crippen LogP contribution is 2.30. The fourth-order valence-electron chi connectivity index (χ4n) is 1.55. The van der Waals surface area contributed by atoms with Crippen molar-refractivity contribution in [3.8, 4) is 0 Å². The van der Waals surface area contributed by atoms with E-state index < -0.39 is 11.7 Å². The average molecular weight is 267 g/mol. The van der Waals surface area contributed by atoms with Crippen LogP contribution in [-0.2, 0) is 6.18 Å². The second-order valence-corrected chi connectivity index (χ2v) is 3.65. The Balaban J connectivity index is 2.47. The Morgan fingerprint density at radius 1 is 1.11 bits per heavy atom. The molecule has 0 fully saturated rings. The van der Waals surface area contributed by atoms with Crippen LogP contribution in [0.25, 0.3) is 0 Å². The van der Waals surface area contributed by atoms with E-state index in [0.717, 1.165) is 12.1 Å². The van der Waals surface area contributed by atoms with Gasteiger partial charge in [0.1, 0.15) is 12.0 Å². The van der Waals surface area contributed by atoms with Crippen LogP contribution in [-0.4, -0.2) is 20.9 Å². The molecule has 0 bridgehead atoms. The molecule has 2 aromatic rings. The molecule has 19 heavy (non-hydrogen) atoms. The molecule has 0 atom stereocenters. The van der Waals surface area contributed by atoms with Gasteiger partial charge < -0.3 is 5.21 Å². The highest BCUT2D eigenvalue weighted by Gasteiger charge is 2.30. The molecule has 1 N–H and O–H groups in total. The van der Waals surface area contributed by atoms with Gasteiger partial charge in [0.2, 0.25) is 0 Å². The zero-order valence-electron chi connectivity index (χ0n) is 9.46. The van der Waals surface area contributed by atoms with Crippen LogP contribution in [0.3, 0.4) is 0 Å². The summed E-state index contributed by atoms with van der Waals surface area (Å²) in [5, 5.41) is 12.0. The molecule has 0 spiro atoms. The number of rotatable bonds is 2. The zero-order chi connectivity index (χ0) is 13.9. The summed E-state index contributed by atoms with van der Waals surface area (Å²) in [5.74, 6) is 0. The molecule has 98 valence electrons. The van der Waals surface area contributed by atoms with Crippen LogP contribution in [0, 0.1) is 0 Å². The molecule has 1 heterocycles. The Bertz CT molecular complexity index is 597. The minimum Gasteiger partial charge on any atom is -0.410 e. The molecule has 1 aromatic carbocycles. The Labute approximate surface area is 106 Å². The Hall–Kier alpha value is -2.44. The fourth-order valence-corrected chi connectivity index (χ4v) is 1.55. The lowest BCUT2D eigenvalue weighted by Crippen LogP contribution is -2.09. The summed E-state index contributed by atoms with van der Waals surface area (Å²) in [7, 11) is 0. The van der Waals surface area contributed by atoms with Crippen LogP contribution in [0.1, 0.15) is 16.7 Å². The quantitative estimate of drug-likeness (QED) is 0.517. The standard InChI is InChI=1S/C12H8F3N3O/c13-12(14,15)10-3-1-2-8(4-10)11(18-19)9-5-16-7-17-6-9/h1-7,19H. The number of oxime groups is 1. The molecular formula is C12H8F3N3O. The van der Waals surface area contributed by atoms with E-state index in [9.17, 15) is 13.2 Å². The number of nitrogens with zero attached hydrogens (tertiary/aromatic N) is 3. The van der Waals surface area contributed by atoms with Crippen molar-refractivity contribution in [1.29, 1.82) is 0 Å². The summed E-state index contributed by atoms with van der Waals surface area (Å²) >= 11 is 0. The van der Waals surface area contributed by atoms with E-state index in [2.05, 4.69) is 15.1 Å². The van der Waals surface area contributed by atoms with Crippen LogP contribution in [0.2, 0.25) is 0 Å². The van der Waals surface area contributed by atoms with Crippen molar-refractivity contribution < 1.29 is 18.4 Å². The second-order valence-electron chi connectivity index (χ2n) is 3.65. The highest BCUT2D eigenvalue weighted by molar-refractivity contribution is 6.12. The molecule has 0 aliphatic rings. The molecule has 7 heteroatoms. The van der Waals surface area contributed by atoms with Gasteiger partial charge in [-0.05, 0) is 12.1 Å². The van der Waals surface area contributed by atoms with Gasteiger partial charge >= 0.3 is 6.18 Å². The summed E-state index contributed by atoms with van der Waals surface area (Å²) in [6, 6.07) is 4.51. The smallest absolute Gasteiger partial charge is 0.410 e. The van der Waals surface area contributed by atoms with E-state index in [0.29, 0.717) is 5.56 Å². The number of hydrogen-bond donors (Lipinski definition) is 1. The van der Waals surface area contributed by atoms with Gasteiger partial charge in [0.15, 0.2) is 0 Å². The van der Waals surface area contributed by atoms with Gasteiger partial charge in [-0.2, -0.15) is 13.2 Å². The molecule has 0 saturated carbocycles. The van der Waals surface area contributed by atoms with E-state index in [4.69, 9.17) is 5.21 Å². The lowest BCUT2D eigenvalue weighted by Gasteiger charge is -2.09. The largest absolute Gasteiger partial charge is 0.416 e. The SMILES string of the molecule is ON=C(c1cncnc1)c1cccc(C(F)(F)F)c1. The molecule has 0 radical (unpaired) electrons. The fraction of sp³-hybridized carbons (Fsp3) is 0.0833. The number of aromatic nitrogens is 2. The van der Waals surface area contributed by atoms with Crippen molar-refractivity contribution >= 4 is 5.71 Å². The summed E-state index contributed by atoms with van der Waals surface area (Å²) in [5.41, 5.74) is -0.383. The molecule has 0 unspecified atom stereocenters. The van der Waals surface area contributed by atoms with Crippen LogP contribution < -0.4 is 0 Å². The van der Waals surface area contributed by atoms with Crippen molar-refractivity contribution in [2.75, 3.05) is 0 Å². The predicted octanol–water partition coefficient (Wildman–Crippen LogP) is 2.72. The molecule has 0 saturated heterocycles. The predicted molar refractivity (Wildman–Crippen MR) is 60.9 cm³/mol. The second kappa shape index (κ2) is 5.05. The van der Waals surface area contributed by atoms with Gasteiger partial charge in [0.25, 0.3) is 0 Å². The van der Waals surface area contributed by atoms with E-state index in [1.165, 1.54) is 30.9 Å². The first kappa shape index (κ1) is 13.0. The molecule has 1 aromatic heterocycles. The molecule has 0 aliphatic heterocycles. The van der Waals surface area contributed by atoms with Crippen molar-refractivity contribution in [2.24, 2.45) is 5.16 Å². The molecule has 4 nitrogen and oxygen atoms in total. The van der Waals surface area contributed by atoms with Crippen molar-refractivity contribution in [1.82, 2.24) is 9.97 Å². The van der Waals surface area contributed by atoms with Crippen molar-refractivity contribution in [2.45, 2.75) is 6.18 Å². The molecule has 0 amide bonds. The third kappa shape index (κ3) is 2.87. The van der Waals surface area contributed by atoms with Gasteiger partial charge in [0.05, 0.1) is 5.56 Å². The van der Waals surface area contributed by atoms with Crippen molar-refractivity contribution in [3.05, 3.63) is 59.7 Å². The average Bonchev–Trinajstić information content (AvgIpc) is 2.40. The normalized spacial score (nSPS) is 12.5. The first-order chi connectivity index (χ1) is 9.02. The number of halogens is 3. The van der Waals surface area contributed by atoms with E-state index in [-0.39, 0.29) is 11.3 Å². The lowest BCUT2D eigenvalue weighted by atomic mass is 10.0. The number of alkyl halides is 3. The monoisotopic (exact) mass is 267 g/mol. The third-order valence-corrected chi connectivity index (χ3v) is 2.40. The molecule has 0 aliphatic carbocycles. The highest BCUT2D eigenvalue weighted by atomic mass is 19.4. The first-order valence-electron chi connectivity index (χ1n) is 5.17. The summed E-state index contributed by atoms with van der Waals surface area (Å²) in [6.45, 7) is 0. The van der Waals surface area contributed by atoms with Crippen molar-refractivity contribution in [3.63, 3.8) is 0 Å². The van der Waals surface area contributed by atoms with E-state index in [1.807, 2.05) is 0 Å². The maximum Gasteiger partial charge on any atom is 0.416 e. The van der Waals surface area contributed by atoms with Gasteiger partial charge in [-0.15, -0.1) is 0 Å². The minimum atomic E-state index is -4.45. The van der Waals surface area contributed by atoms with Crippen LogP contribution in [0.5, 0.6) is 0 Å². The zero-order valence-corrected chi connectivity index (χ0v) is 9.46. The van der Waals surface area contributed by atoms with E-state index >= 15 is 0 Å². The van der Waals surface area contributed by atoms with Gasteiger partial charge in [-0.3, -0.25) is 0 Å². The maximum absolute atomic E-state index is 12.6. The first-order valence-corrected chi connectivity index (χ1v) is 5.17. The van der Waals surface area contributed by atoms with Crippen LogP contribution in [0.15, 0.2) is 48.1 Å². The third-order valence-electron chi connectivity index (χ3n) is 2.40. The Morgan fingerprint density at radius 3 is 2.37 bits per heavy atom. The summed E-state index contributed by atoms with van der Waals surface area (Å²) in [6.07, 6.45) is -0.487. The lowest BCUT2D eigenvalue weighted by molar-refractivity contribution is -0.137. The number of hydrogen-bond acceptors (Lipinski definition) is 4. The van der Waals surface area contributed by atoms with Gasteiger partial charge in [0, 0.05) is 23.5 Å². The summed E-state index contributed by atoms with van der Waals surface area (Å²) < 4.78 is 37.8. The topological polar surface area (TPSA) is 58.4 Å². The molecule has 2 rings (SSSR count). The summed E-state index contributed by atoms with van der Waals surface area (Å²) in [4.78, 5) is 7.45. The Kier molecular flexibility index (Phi) is 3.46. The van der Waals surface area contributed by atoms with E-state index in [1.54, 1.807) is 0 Å². The maximum atomic E-state index is 12.6. The van der Waals surface area contributed by atoms with Crippen LogP contribution >= 0.6 is 0 Å².